The topological polar surface area (TPSA) is 72.8 Å². The fraction of sp³-hybridized carbons (Fsp3) is 0.143. The van der Waals surface area contributed by atoms with Crippen molar-refractivity contribution >= 4 is 5.69 Å². The van der Waals surface area contributed by atoms with Gasteiger partial charge in [0, 0.05) is 11.3 Å². The quantitative estimate of drug-likeness (QED) is 0.914. The predicted molar refractivity (Wildman–Crippen MR) is 66.6 cm³/mol. The highest BCUT2D eigenvalue weighted by Gasteiger charge is 2.08. The number of halogens is 1. The number of furan rings is 1. The summed E-state index contributed by atoms with van der Waals surface area (Å²) in [5, 5.41) is 20.4. The Morgan fingerprint density at radius 3 is 2.68 bits per heavy atom. The number of hydrogen-bond acceptors (Lipinski definition) is 4. The van der Waals surface area contributed by atoms with Crippen molar-refractivity contribution in [3.8, 4) is 12.1 Å². The Bertz CT molecular complexity index is 692. The van der Waals surface area contributed by atoms with Gasteiger partial charge < -0.3 is 9.73 Å². The van der Waals surface area contributed by atoms with Gasteiger partial charge in [0.15, 0.2) is 0 Å². The lowest BCUT2D eigenvalue weighted by molar-refractivity contribution is 0.506. The van der Waals surface area contributed by atoms with E-state index in [1.54, 1.807) is 25.1 Å². The molecule has 94 valence electrons. The second-order valence-electron chi connectivity index (χ2n) is 3.97. The molecule has 0 aliphatic heterocycles. The number of benzene rings is 1. The van der Waals surface area contributed by atoms with Gasteiger partial charge in [-0.3, -0.25) is 0 Å². The van der Waals surface area contributed by atoms with Crippen molar-refractivity contribution in [2.75, 3.05) is 5.32 Å². The summed E-state index contributed by atoms with van der Waals surface area (Å²) >= 11 is 0. The molecule has 0 fully saturated rings. The van der Waals surface area contributed by atoms with Gasteiger partial charge in [0.05, 0.1) is 18.2 Å². The van der Waals surface area contributed by atoms with E-state index >= 15 is 0 Å². The predicted octanol–water partition coefficient (Wildman–Crippen LogP) is 3.08. The molecule has 0 bridgehead atoms. The van der Waals surface area contributed by atoms with Crippen molar-refractivity contribution in [1.82, 2.24) is 0 Å². The first-order valence-corrected chi connectivity index (χ1v) is 5.57. The number of anilines is 1. The second-order valence-corrected chi connectivity index (χ2v) is 3.97. The SMILES string of the molecule is Cc1c(F)cc(C#N)cc1NCc1ccc(C#N)o1. The summed E-state index contributed by atoms with van der Waals surface area (Å²) in [6.07, 6.45) is 0. The van der Waals surface area contributed by atoms with Crippen LogP contribution in [0.5, 0.6) is 0 Å². The summed E-state index contributed by atoms with van der Waals surface area (Å²) in [4.78, 5) is 0. The maximum atomic E-state index is 13.6. The fourth-order valence-corrected chi connectivity index (χ4v) is 1.64. The van der Waals surface area contributed by atoms with Gasteiger partial charge in [0.1, 0.15) is 17.6 Å². The molecule has 0 saturated carbocycles. The maximum Gasteiger partial charge on any atom is 0.203 e. The smallest absolute Gasteiger partial charge is 0.203 e. The summed E-state index contributed by atoms with van der Waals surface area (Å²) in [6.45, 7) is 1.94. The molecule has 0 amide bonds. The Balaban J connectivity index is 2.18. The number of nitrogens with one attached hydrogen (secondary N) is 1. The van der Waals surface area contributed by atoms with E-state index in [1.165, 1.54) is 6.07 Å². The van der Waals surface area contributed by atoms with Crippen LogP contribution in [0.4, 0.5) is 10.1 Å². The zero-order chi connectivity index (χ0) is 13.8. The molecule has 0 aliphatic rings. The minimum Gasteiger partial charge on any atom is -0.449 e. The van der Waals surface area contributed by atoms with Crippen molar-refractivity contribution in [2.24, 2.45) is 0 Å². The summed E-state index contributed by atoms with van der Waals surface area (Å²) in [7, 11) is 0. The highest BCUT2D eigenvalue weighted by atomic mass is 19.1. The van der Waals surface area contributed by atoms with E-state index in [-0.39, 0.29) is 11.3 Å². The van der Waals surface area contributed by atoms with Crippen LogP contribution in [0, 0.1) is 35.4 Å². The zero-order valence-corrected chi connectivity index (χ0v) is 10.2. The monoisotopic (exact) mass is 255 g/mol. The Labute approximate surface area is 109 Å². The van der Waals surface area contributed by atoms with Crippen molar-refractivity contribution in [3.63, 3.8) is 0 Å². The van der Waals surface area contributed by atoms with Gasteiger partial charge in [0.2, 0.25) is 5.76 Å². The molecule has 2 aromatic rings. The first-order chi connectivity index (χ1) is 9.13. The average Bonchev–Trinajstić information content (AvgIpc) is 2.88. The minimum absolute atomic E-state index is 0.227. The number of nitrogens with zero attached hydrogens (tertiary/aromatic N) is 2. The second kappa shape index (κ2) is 5.24. The van der Waals surface area contributed by atoms with Gasteiger partial charge in [-0.2, -0.15) is 10.5 Å². The van der Waals surface area contributed by atoms with Crippen LogP contribution in [0.15, 0.2) is 28.7 Å². The average molecular weight is 255 g/mol. The highest BCUT2D eigenvalue weighted by molar-refractivity contribution is 5.55. The van der Waals surface area contributed by atoms with Gasteiger partial charge in [0.25, 0.3) is 0 Å². The zero-order valence-electron chi connectivity index (χ0n) is 10.2. The van der Waals surface area contributed by atoms with Gasteiger partial charge in [-0.15, -0.1) is 0 Å². The summed E-state index contributed by atoms with van der Waals surface area (Å²) in [6, 6.07) is 9.80. The van der Waals surface area contributed by atoms with Crippen LogP contribution in [0.3, 0.4) is 0 Å². The number of hydrogen-bond donors (Lipinski definition) is 1. The van der Waals surface area contributed by atoms with Crippen LogP contribution < -0.4 is 5.32 Å². The molecular formula is C14H10FN3O. The van der Waals surface area contributed by atoms with E-state index in [9.17, 15) is 4.39 Å². The fourth-order valence-electron chi connectivity index (χ4n) is 1.64. The molecule has 1 N–H and O–H groups in total. The molecule has 0 unspecified atom stereocenters. The van der Waals surface area contributed by atoms with E-state index in [0.717, 1.165) is 0 Å². The summed E-state index contributed by atoms with van der Waals surface area (Å²) in [5.74, 6) is 0.364. The van der Waals surface area contributed by atoms with E-state index in [0.29, 0.717) is 23.6 Å². The normalized spacial score (nSPS) is 9.68. The van der Waals surface area contributed by atoms with E-state index in [2.05, 4.69) is 5.32 Å². The molecule has 19 heavy (non-hydrogen) atoms. The third-order valence-corrected chi connectivity index (χ3v) is 2.70. The first kappa shape index (κ1) is 12.7. The Kier molecular flexibility index (Phi) is 3.49. The van der Waals surface area contributed by atoms with Crippen LogP contribution in [0.2, 0.25) is 0 Å². The van der Waals surface area contributed by atoms with Crippen molar-refractivity contribution in [1.29, 1.82) is 10.5 Å². The molecule has 0 atom stereocenters. The third kappa shape index (κ3) is 2.72. The standard InChI is InChI=1S/C14H10FN3O/c1-9-13(15)4-10(6-16)5-14(9)18-8-12-3-2-11(7-17)19-12/h2-5,18H,8H2,1H3. The first-order valence-electron chi connectivity index (χ1n) is 5.57. The molecule has 1 aromatic carbocycles. The maximum absolute atomic E-state index is 13.6. The molecule has 0 saturated heterocycles. The van der Waals surface area contributed by atoms with Gasteiger partial charge in [-0.25, -0.2) is 4.39 Å². The summed E-state index contributed by atoms with van der Waals surface area (Å²) < 4.78 is 18.8. The van der Waals surface area contributed by atoms with Crippen LogP contribution in [0.25, 0.3) is 0 Å². The van der Waals surface area contributed by atoms with Crippen molar-refractivity contribution < 1.29 is 8.81 Å². The highest BCUT2D eigenvalue weighted by Crippen LogP contribution is 2.21. The Morgan fingerprint density at radius 1 is 1.26 bits per heavy atom. The van der Waals surface area contributed by atoms with Gasteiger partial charge >= 0.3 is 0 Å². The van der Waals surface area contributed by atoms with Crippen LogP contribution >= 0.6 is 0 Å². The number of nitriles is 2. The molecule has 0 spiro atoms. The van der Waals surface area contributed by atoms with Gasteiger partial charge in [-0.05, 0) is 31.2 Å². The van der Waals surface area contributed by atoms with E-state index < -0.39 is 5.82 Å². The van der Waals surface area contributed by atoms with Crippen molar-refractivity contribution in [2.45, 2.75) is 13.5 Å². The minimum atomic E-state index is -0.432. The summed E-state index contributed by atoms with van der Waals surface area (Å²) in [5.41, 5.74) is 1.22. The van der Waals surface area contributed by atoms with Gasteiger partial charge in [-0.1, -0.05) is 0 Å². The van der Waals surface area contributed by atoms with Crippen molar-refractivity contribution in [3.05, 3.63) is 52.7 Å². The third-order valence-electron chi connectivity index (χ3n) is 2.70. The molecule has 0 radical (unpaired) electrons. The molecular weight excluding hydrogens is 245 g/mol. The molecule has 2 rings (SSSR count). The number of rotatable bonds is 3. The van der Waals surface area contributed by atoms with Crippen LogP contribution in [0.1, 0.15) is 22.6 Å². The molecule has 4 nitrogen and oxygen atoms in total. The van der Waals surface area contributed by atoms with Crippen LogP contribution in [-0.4, -0.2) is 0 Å². The molecule has 0 aliphatic carbocycles. The molecule has 1 aromatic heterocycles. The van der Waals surface area contributed by atoms with E-state index in [4.69, 9.17) is 14.9 Å². The Morgan fingerprint density at radius 2 is 2.05 bits per heavy atom. The van der Waals surface area contributed by atoms with E-state index in [1.807, 2.05) is 12.1 Å². The lowest BCUT2D eigenvalue weighted by Crippen LogP contribution is -2.02. The lowest BCUT2D eigenvalue weighted by atomic mass is 10.1. The molecule has 1 heterocycles. The molecule has 5 heteroatoms. The Hall–Kier alpha value is -2.79. The van der Waals surface area contributed by atoms with Crippen LogP contribution in [-0.2, 0) is 6.54 Å². The largest absolute Gasteiger partial charge is 0.449 e. The lowest BCUT2D eigenvalue weighted by Gasteiger charge is -2.09.